The summed E-state index contributed by atoms with van der Waals surface area (Å²) in [6.07, 6.45) is 2.31. The van der Waals surface area contributed by atoms with E-state index >= 15 is 0 Å². The fraction of sp³-hybridized carbons (Fsp3) is 0.476. The van der Waals surface area contributed by atoms with Crippen LogP contribution in [-0.4, -0.2) is 53.6 Å². The topological polar surface area (TPSA) is 74.5 Å². The minimum atomic E-state index is -0.413. The molecule has 1 unspecified atom stereocenters. The van der Waals surface area contributed by atoms with E-state index in [0.717, 1.165) is 50.5 Å². The van der Waals surface area contributed by atoms with Crippen molar-refractivity contribution in [2.75, 3.05) is 42.9 Å². The Morgan fingerprint density at radius 1 is 1.21 bits per heavy atom. The molecule has 0 spiro atoms. The van der Waals surface area contributed by atoms with Gasteiger partial charge in [-0.25, -0.2) is 4.98 Å². The Hall–Kier alpha value is -2.67. The first-order valence-corrected chi connectivity index (χ1v) is 9.84. The van der Waals surface area contributed by atoms with Gasteiger partial charge >= 0.3 is 0 Å². The minimum Gasteiger partial charge on any atom is -0.369 e. The van der Waals surface area contributed by atoms with Gasteiger partial charge < -0.3 is 10.2 Å². The van der Waals surface area contributed by atoms with Gasteiger partial charge in [0.2, 0.25) is 0 Å². The van der Waals surface area contributed by atoms with Gasteiger partial charge in [-0.05, 0) is 50.5 Å². The van der Waals surface area contributed by atoms with Crippen molar-refractivity contribution in [2.24, 2.45) is 0 Å². The van der Waals surface area contributed by atoms with Gasteiger partial charge in [0.15, 0.2) is 0 Å². The minimum absolute atomic E-state index is 0.0298. The summed E-state index contributed by atoms with van der Waals surface area (Å²) < 4.78 is 0. The number of hydrogen-bond acceptors (Lipinski definition) is 6. The first-order chi connectivity index (χ1) is 13.4. The Morgan fingerprint density at radius 2 is 1.96 bits per heavy atom. The van der Waals surface area contributed by atoms with Crippen LogP contribution < -0.4 is 10.2 Å². The second-order valence-corrected chi connectivity index (χ2v) is 7.62. The maximum atomic E-state index is 10.8. The molecule has 7 heteroatoms. The van der Waals surface area contributed by atoms with Crippen molar-refractivity contribution in [2.45, 2.75) is 33.2 Å². The lowest BCUT2D eigenvalue weighted by Gasteiger charge is -2.36. The summed E-state index contributed by atoms with van der Waals surface area (Å²) in [6.45, 7) is 11.4. The Balaban J connectivity index is 1.44. The largest absolute Gasteiger partial charge is 0.369 e. The molecule has 1 fully saturated rings. The number of nitro groups is 1. The predicted molar refractivity (Wildman–Crippen MR) is 113 cm³/mol. The Labute approximate surface area is 166 Å². The van der Waals surface area contributed by atoms with E-state index in [1.54, 1.807) is 6.07 Å². The molecule has 1 aromatic heterocycles. The fourth-order valence-electron chi connectivity index (χ4n) is 3.55. The molecule has 1 N–H and O–H groups in total. The monoisotopic (exact) mass is 383 g/mol. The molecule has 1 saturated heterocycles. The third kappa shape index (κ3) is 5.19. The Bertz CT molecular complexity index is 818. The highest BCUT2D eigenvalue weighted by atomic mass is 16.6. The van der Waals surface area contributed by atoms with Crippen molar-refractivity contribution in [3.63, 3.8) is 0 Å². The molecule has 1 aliphatic rings. The molecule has 28 heavy (non-hydrogen) atoms. The lowest BCUT2D eigenvalue weighted by atomic mass is 10.1. The fourth-order valence-corrected chi connectivity index (χ4v) is 3.55. The van der Waals surface area contributed by atoms with Crippen molar-refractivity contribution >= 4 is 17.2 Å². The average Bonchev–Trinajstić information content (AvgIpc) is 2.68. The number of hydrogen-bond donors (Lipinski definition) is 1. The standard InChI is InChI=1S/C21H29N5O2/c1-16-5-4-6-19(13-16)25-11-9-24(10-12-25)8-7-18(3)23-21-17(2)14-20(15-22-21)26(27)28/h4-6,13-15,18H,7-12H2,1-3H3,(H,22,23). The number of pyridine rings is 1. The van der Waals surface area contributed by atoms with E-state index in [-0.39, 0.29) is 11.7 Å². The number of aryl methyl sites for hydroxylation is 2. The zero-order chi connectivity index (χ0) is 20.1. The second-order valence-electron chi connectivity index (χ2n) is 7.62. The Kier molecular flexibility index (Phi) is 6.46. The van der Waals surface area contributed by atoms with E-state index in [9.17, 15) is 10.1 Å². The van der Waals surface area contributed by atoms with Crippen molar-refractivity contribution < 1.29 is 4.92 Å². The van der Waals surface area contributed by atoms with Gasteiger partial charge in [0.1, 0.15) is 12.0 Å². The zero-order valence-corrected chi connectivity index (χ0v) is 16.9. The SMILES string of the molecule is Cc1cccc(N2CCN(CCC(C)Nc3ncc([N+](=O)[O-])cc3C)CC2)c1. The van der Waals surface area contributed by atoms with E-state index in [0.29, 0.717) is 0 Å². The van der Waals surface area contributed by atoms with E-state index in [1.807, 2.05) is 6.92 Å². The normalized spacial score (nSPS) is 16.0. The van der Waals surface area contributed by atoms with Crippen LogP contribution in [0.3, 0.4) is 0 Å². The molecule has 0 saturated carbocycles. The number of benzene rings is 1. The molecule has 2 heterocycles. The molecular formula is C21H29N5O2. The van der Waals surface area contributed by atoms with Crippen LogP contribution >= 0.6 is 0 Å². The van der Waals surface area contributed by atoms with E-state index in [4.69, 9.17) is 0 Å². The number of rotatable bonds is 7. The van der Waals surface area contributed by atoms with Gasteiger partial charge in [0, 0.05) is 50.5 Å². The molecule has 0 amide bonds. The molecule has 150 valence electrons. The quantitative estimate of drug-likeness (QED) is 0.581. The van der Waals surface area contributed by atoms with Crippen molar-refractivity contribution in [3.05, 3.63) is 57.8 Å². The highest BCUT2D eigenvalue weighted by Gasteiger charge is 2.18. The number of aromatic nitrogens is 1. The molecule has 0 bridgehead atoms. The summed E-state index contributed by atoms with van der Waals surface area (Å²) in [5, 5.41) is 14.2. The molecule has 0 radical (unpaired) electrons. The summed E-state index contributed by atoms with van der Waals surface area (Å²) in [4.78, 5) is 19.6. The van der Waals surface area contributed by atoms with E-state index in [2.05, 4.69) is 58.2 Å². The molecule has 1 atom stereocenters. The highest BCUT2D eigenvalue weighted by molar-refractivity contribution is 5.49. The summed E-state index contributed by atoms with van der Waals surface area (Å²) in [5.41, 5.74) is 3.44. The molecule has 3 rings (SSSR count). The summed E-state index contributed by atoms with van der Waals surface area (Å²) in [7, 11) is 0. The molecular weight excluding hydrogens is 354 g/mol. The highest BCUT2D eigenvalue weighted by Crippen LogP contribution is 2.20. The van der Waals surface area contributed by atoms with Crippen LogP contribution in [0, 0.1) is 24.0 Å². The van der Waals surface area contributed by atoms with Crippen molar-refractivity contribution in [1.29, 1.82) is 0 Å². The molecule has 2 aromatic rings. The summed E-state index contributed by atoms with van der Waals surface area (Å²) in [6, 6.07) is 10.5. The van der Waals surface area contributed by atoms with Gasteiger partial charge in [0.25, 0.3) is 5.69 Å². The van der Waals surface area contributed by atoms with Crippen LogP contribution in [0.4, 0.5) is 17.2 Å². The van der Waals surface area contributed by atoms with Crippen LogP contribution in [0.15, 0.2) is 36.5 Å². The summed E-state index contributed by atoms with van der Waals surface area (Å²) in [5.74, 6) is 0.724. The van der Waals surface area contributed by atoms with Crippen molar-refractivity contribution in [3.8, 4) is 0 Å². The number of piperazine rings is 1. The average molecular weight is 383 g/mol. The maximum absolute atomic E-state index is 10.8. The number of nitrogens with zero attached hydrogens (tertiary/aromatic N) is 4. The van der Waals surface area contributed by atoms with Crippen LogP contribution in [0.5, 0.6) is 0 Å². The van der Waals surface area contributed by atoms with Gasteiger partial charge in [-0.1, -0.05) is 12.1 Å². The maximum Gasteiger partial charge on any atom is 0.287 e. The van der Waals surface area contributed by atoms with Gasteiger partial charge in [-0.15, -0.1) is 0 Å². The molecule has 7 nitrogen and oxygen atoms in total. The van der Waals surface area contributed by atoms with E-state index in [1.165, 1.54) is 17.4 Å². The van der Waals surface area contributed by atoms with Crippen LogP contribution in [0.2, 0.25) is 0 Å². The molecule has 0 aliphatic carbocycles. The molecule has 1 aromatic carbocycles. The van der Waals surface area contributed by atoms with Gasteiger partial charge in [0.05, 0.1) is 4.92 Å². The van der Waals surface area contributed by atoms with Crippen molar-refractivity contribution in [1.82, 2.24) is 9.88 Å². The third-order valence-corrected chi connectivity index (χ3v) is 5.28. The van der Waals surface area contributed by atoms with E-state index < -0.39 is 4.92 Å². The second kappa shape index (κ2) is 9.01. The Morgan fingerprint density at radius 3 is 2.61 bits per heavy atom. The van der Waals surface area contributed by atoms with Gasteiger partial charge in [-0.3, -0.25) is 15.0 Å². The lowest BCUT2D eigenvalue weighted by molar-refractivity contribution is -0.385. The summed E-state index contributed by atoms with van der Waals surface area (Å²) >= 11 is 0. The predicted octanol–water partition coefficient (Wildman–Crippen LogP) is 3.62. The smallest absolute Gasteiger partial charge is 0.287 e. The first kappa shape index (κ1) is 20.1. The number of anilines is 2. The van der Waals surface area contributed by atoms with Crippen LogP contribution in [0.1, 0.15) is 24.5 Å². The lowest BCUT2D eigenvalue weighted by Crippen LogP contribution is -2.47. The zero-order valence-electron chi connectivity index (χ0n) is 16.9. The van der Waals surface area contributed by atoms with Crippen LogP contribution in [-0.2, 0) is 0 Å². The third-order valence-electron chi connectivity index (χ3n) is 5.28. The van der Waals surface area contributed by atoms with Crippen LogP contribution in [0.25, 0.3) is 0 Å². The first-order valence-electron chi connectivity index (χ1n) is 9.84. The molecule has 1 aliphatic heterocycles. The number of nitrogens with one attached hydrogen (secondary N) is 1. The van der Waals surface area contributed by atoms with Gasteiger partial charge in [-0.2, -0.15) is 0 Å².